The number of halogens is 4. The molecule has 0 aromatic heterocycles. The standard InChI is InChI=1S/C29H28F4N2O7/c1-5-42-29(38)19(27(37)18-10-21(31)26(33)28(41-4)25(18)32)13-35-22-11-23(20(30)8-16(22)14-36)34-12-15-6-7-17(39-2)9-24(15)40-3/h6-11,13,34-36H,5,12,14H2,1-4H3. The molecule has 0 saturated carbocycles. The van der Waals surface area contributed by atoms with E-state index in [9.17, 15) is 32.3 Å². The highest BCUT2D eigenvalue weighted by Crippen LogP contribution is 2.31. The molecule has 3 rings (SSSR count). The molecule has 3 N–H and O–H groups in total. The monoisotopic (exact) mass is 592 g/mol. The molecule has 3 aromatic carbocycles. The van der Waals surface area contributed by atoms with Gasteiger partial charge in [-0.3, -0.25) is 4.79 Å². The van der Waals surface area contributed by atoms with Crippen LogP contribution in [0.15, 0.2) is 48.2 Å². The lowest BCUT2D eigenvalue weighted by atomic mass is 10.0. The zero-order valence-corrected chi connectivity index (χ0v) is 23.1. The van der Waals surface area contributed by atoms with Crippen molar-refractivity contribution < 1.29 is 51.2 Å². The van der Waals surface area contributed by atoms with E-state index >= 15 is 0 Å². The van der Waals surface area contributed by atoms with Gasteiger partial charge in [0.15, 0.2) is 17.4 Å². The molecule has 0 fully saturated rings. The SMILES string of the molecule is CCOC(=O)C(=CNc1cc(NCc2ccc(OC)cc2OC)c(F)cc1CO)C(=O)c1cc(F)c(F)c(OC)c1F. The summed E-state index contributed by atoms with van der Waals surface area (Å²) in [6, 6.07) is 7.64. The molecular formula is C29H28F4N2O7. The van der Waals surface area contributed by atoms with Crippen molar-refractivity contribution in [2.45, 2.75) is 20.1 Å². The van der Waals surface area contributed by atoms with Crippen molar-refractivity contribution in [3.05, 3.63) is 88.1 Å². The van der Waals surface area contributed by atoms with Gasteiger partial charge >= 0.3 is 5.97 Å². The first kappa shape index (κ1) is 31.7. The number of aliphatic hydroxyl groups is 1. The molecule has 13 heteroatoms. The maximum Gasteiger partial charge on any atom is 0.343 e. The average Bonchev–Trinajstić information content (AvgIpc) is 2.98. The second kappa shape index (κ2) is 14.2. The third-order valence-corrected chi connectivity index (χ3v) is 6.00. The van der Waals surface area contributed by atoms with E-state index < -0.39 is 58.5 Å². The van der Waals surface area contributed by atoms with Crippen molar-refractivity contribution in [1.29, 1.82) is 0 Å². The summed E-state index contributed by atoms with van der Waals surface area (Å²) in [6.45, 7) is 0.752. The fraction of sp³-hybridized carbons (Fsp3) is 0.241. The first-order chi connectivity index (χ1) is 20.1. The van der Waals surface area contributed by atoms with Crippen LogP contribution in [0.1, 0.15) is 28.4 Å². The lowest BCUT2D eigenvalue weighted by Crippen LogP contribution is -2.19. The fourth-order valence-corrected chi connectivity index (χ4v) is 3.85. The molecule has 0 amide bonds. The molecule has 0 aliphatic carbocycles. The van der Waals surface area contributed by atoms with Gasteiger partial charge in [0.25, 0.3) is 0 Å². The molecule has 0 radical (unpaired) electrons. The lowest BCUT2D eigenvalue weighted by Gasteiger charge is -2.16. The number of nitrogens with one attached hydrogen (secondary N) is 2. The Kier molecular flexibility index (Phi) is 10.7. The predicted octanol–water partition coefficient (Wildman–Crippen LogP) is 5.12. The van der Waals surface area contributed by atoms with Crippen LogP contribution >= 0.6 is 0 Å². The fourth-order valence-electron chi connectivity index (χ4n) is 3.85. The molecule has 0 aliphatic heterocycles. The normalized spacial score (nSPS) is 11.1. The summed E-state index contributed by atoms with van der Waals surface area (Å²) >= 11 is 0. The van der Waals surface area contributed by atoms with Crippen molar-refractivity contribution in [2.75, 3.05) is 38.6 Å². The molecule has 42 heavy (non-hydrogen) atoms. The minimum absolute atomic E-state index is 0.0265. The van der Waals surface area contributed by atoms with Crippen LogP contribution in [0.4, 0.5) is 28.9 Å². The van der Waals surface area contributed by atoms with Gasteiger partial charge in [-0.15, -0.1) is 0 Å². The van der Waals surface area contributed by atoms with Gasteiger partial charge in [-0.1, -0.05) is 0 Å². The number of hydrogen-bond donors (Lipinski definition) is 3. The number of Topliss-reactive ketones (excluding diaryl/α,β-unsaturated/α-hetero) is 1. The molecule has 0 saturated heterocycles. The Morgan fingerprint density at radius 3 is 2.24 bits per heavy atom. The second-order valence-electron chi connectivity index (χ2n) is 8.50. The lowest BCUT2D eigenvalue weighted by molar-refractivity contribution is -0.138. The predicted molar refractivity (Wildman–Crippen MR) is 145 cm³/mol. The molecule has 0 heterocycles. The summed E-state index contributed by atoms with van der Waals surface area (Å²) in [5, 5.41) is 15.3. The van der Waals surface area contributed by atoms with Crippen molar-refractivity contribution in [2.24, 2.45) is 0 Å². The van der Waals surface area contributed by atoms with Crippen LogP contribution in [0.25, 0.3) is 0 Å². The van der Waals surface area contributed by atoms with Gasteiger partial charge in [0, 0.05) is 35.6 Å². The van der Waals surface area contributed by atoms with Crippen LogP contribution in [-0.4, -0.2) is 44.8 Å². The van der Waals surface area contributed by atoms with Crippen molar-refractivity contribution >= 4 is 23.1 Å². The largest absolute Gasteiger partial charge is 0.497 e. The van der Waals surface area contributed by atoms with E-state index in [4.69, 9.17) is 14.2 Å². The van der Waals surface area contributed by atoms with E-state index in [1.165, 1.54) is 27.2 Å². The summed E-state index contributed by atoms with van der Waals surface area (Å²) in [5.41, 5.74) is -1.06. The molecule has 3 aromatic rings. The summed E-state index contributed by atoms with van der Waals surface area (Å²) in [5.74, 6) is -8.18. The quantitative estimate of drug-likeness (QED) is 0.0474. The number of methoxy groups -OCH3 is 3. The smallest absolute Gasteiger partial charge is 0.343 e. The molecule has 0 unspecified atom stereocenters. The number of ether oxygens (including phenoxy) is 4. The van der Waals surface area contributed by atoms with E-state index in [1.54, 1.807) is 18.2 Å². The molecule has 224 valence electrons. The highest BCUT2D eigenvalue weighted by molar-refractivity contribution is 6.24. The van der Waals surface area contributed by atoms with Crippen LogP contribution in [0, 0.1) is 23.3 Å². The van der Waals surface area contributed by atoms with Crippen LogP contribution in [-0.2, 0) is 22.7 Å². The maximum absolute atomic E-state index is 14.9. The molecule has 0 atom stereocenters. The first-order valence-corrected chi connectivity index (χ1v) is 12.4. The molecule has 0 aliphatic rings. The van der Waals surface area contributed by atoms with Crippen LogP contribution in [0.2, 0.25) is 0 Å². The number of anilines is 2. The van der Waals surface area contributed by atoms with Crippen LogP contribution in [0.5, 0.6) is 17.2 Å². The summed E-state index contributed by atoms with van der Waals surface area (Å²) in [4.78, 5) is 25.8. The minimum atomic E-state index is -1.66. The van der Waals surface area contributed by atoms with Crippen LogP contribution < -0.4 is 24.8 Å². The van der Waals surface area contributed by atoms with Gasteiger partial charge in [0.1, 0.15) is 22.9 Å². The second-order valence-corrected chi connectivity index (χ2v) is 8.50. The Morgan fingerprint density at radius 2 is 1.62 bits per heavy atom. The van der Waals surface area contributed by atoms with Crippen molar-refractivity contribution in [3.8, 4) is 17.2 Å². The number of carbonyl (C=O) groups is 2. The van der Waals surface area contributed by atoms with Crippen molar-refractivity contribution in [3.63, 3.8) is 0 Å². The van der Waals surface area contributed by atoms with Gasteiger partial charge < -0.3 is 34.7 Å². The van der Waals surface area contributed by atoms with E-state index in [2.05, 4.69) is 15.4 Å². The van der Waals surface area contributed by atoms with Gasteiger partial charge in [-0.2, -0.15) is 4.39 Å². The number of aliphatic hydroxyl groups excluding tert-OH is 1. The van der Waals surface area contributed by atoms with Crippen LogP contribution in [0.3, 0.4) is 0 Å². The Balaban J connectivity index is 1.98. The number of benzene rings is 3. The first-order valence-electron chi connectivity index (χ1n) is 12.4. The van der Waals surface area contributed by atoms with Gasteiger partial charge in [-0.05, 0) is 37.3 Å². The summed E-state index contributed by atoms with van der Waals surface area (Å²) in [7, 11) is 3.84. The van der Waals surface area contributed by atoms with E-state index in [0.717, 1.165) is 19.4 Å². The Bertz CT molecular complexity index is 1510. The Morgan fingerprint density at radius 1 is 0.881 bits per heavy atom. The summed E-state index contributed by atoms with van der Waals surface area (Å²) < 4.78 is 77.6. The number of rotatable bonds is 13. The highest BCUT2D eigenvalue weighted by Gasteiger charge is 2.29. The Labute approximate surface area is 238 Å². The number of hydrogen-bond acceptors (Lipinski definition) is 9. The molecular weight excluding hydrogens is 564 g/mol. The number of carbonyl (C=O) groups excluding carboxylic acids is 2. The van der Waals surface area contributed by atoms with Crippen molar-refractivity contribution in [1.82, 2.24) is 0 Å². The zero-order chi connectivity index (χ0) is 31.0. The van der Waals surface area contributed by atoms with E-state index in [1.807, 2.05) is 0 Å². The van der Waals surface area contributed by atoms with Gasteiger partial charge in [0.05, 0.1) is 45.8 Å². The third kappa shape index (κ3) is 6.92. The van der Waals surface area contributed by atoms with Gasteiger partial charge in [-0.25, -0.2) is 18.0 Å². The summed E-state index contributed by atoms with van der Waals surface area (Å²) in [6.07, 6.45) is 0.830. The van der Waals surface area contributed by atoms with E-state index in [0.29, 0.717) is 17.1 Å². The maximum atomic E-state index is 14.9. The molecule has 9 nitrogen and oxygen atoms in total. The zero-order valence-electron chi connectivity index (χ0n) is 23.1. The van der Waals surface area contributed by atoms with Gasteiger partial charge in [0.2, 0.25) is 11.6 Å². The molecule has 0 bridgehead atoms. The topological polar surface area (TPSA) is 115 Å². The average molecular weight is 593 g/mol. The van der Waals surface area contributed by atoms with E-state index in [-0.39, 0.29) is 36.2 Å². The highest BCUT2D eigenvalue weighted by atomic mass is 19.2. The minimum Gasteiger partial charge on any atom is -0.497 e. The third-order valence-electron chi connectivity index (χ3n) is 6.00. The number of esters is 1. The Hall–Kier alpha value is -4.78. The molecule has 0 spiro atoms. The number of ketones is 1.